The highest BCUT2D eigenvalue weighted by Gasteiger charge is 2.30. The zero-order chi connectivity index (χ0) is 17.9. The summed E-state index contributed by atoms with van der Waals surface area (Å²) in [6.07, 6.45) is 9.42. The summed E-state index contributed by atoms with van der Waals surface area (Å²) in [5, 5.41) is 0. The van der Waals surface area contributed by atoms with Crippen LogP contribution < -0.4 is 0 Å². The van der Waals surface area contributed by atoms with Gasteiger partial charge in [0.25, 0.3) is 0 Å². The van der Waals surface area contributed by atoms with Crippen LogP contribution in [0.4, 0.5) is 0 Å². The van der Waals surface area contributed by atoms with Crippen LogP contribution in [0.5, 0.6) is 0 Å². The van der Waals surface area contributed by atoms with Gasteiger partial charge >= 0.3 is 0 Å². The van der Waals surface area contributed by atoms with Gasteiger partial charge in [0.05, 0.1) is 4.90 Å². The summed E-state index contributed by atoms with van der Waals surface area (Å²) in [4.78, 5) is 4.42. The molecule has 1 aliphatic rings. The molecule has 0 N–H and O–H groups in total. The Bertz CT molecular complexity index is 845. The van der Waals surface area contributed by atoms with Crippen LogP contribution in [0.1, 0.15) is 24.5 Å². The van der Waals surface area contributed by atoms with Gasteiger partial charge in [0.1, 0.15) is 0 Å². The predicted octanol–water partition coefficient (Wildman–Crippen LogP) is 3.59. The van der Waals surface area contributed by atoms with Crippen molar-refractivity contribution in [3.63, 3.8) is 0 Å². The predicted molar refractivity (Wildman–Crippen MR) is 99.7 cm³/mol. The number of hydrogen-bond donors (Lipinski definition) is 0. The van der Waals surface area contributed by atoms with Crippen molar-refractivity contribution in [3.05, 3.63) is 72.1 Å². The van der Waals surface area contributed by atoms with Crippen molar-refractivity contribution in [2.24, 2.45) is 5.41 Å². The van der Waals surface area contributed by atoms with Crippen molar-refractivity contribution in [1.29, 1.82) is 0 Å². The van der Waals surface area contributed by atoms with E-state index in [4.69, 9.17) is 0 Å². The van der Waals surface area contributed by atoms with Gasteiger partial charge in [-0.15, -0.1) is 0 Å². The Hall–Kier alpha value is -1.98. The van der Waals surface area contributed by atoms with Crippen LogP contribution in [-0.2, 0) is 16.4 Å². The first kappa shape index (κ1) is 17.8. The van der Waals surface area contributed by atoms with Crippen molar-refractivity contribution in [3.8, 4) is 0 Å². The zero-order valence-corrected chi connectivity index (χ0v) is 15.5. The number of nitrogens with zero attached hydrogens (tertiary/aromatic N) is 2. The number of allylic oxidation sites excluding steroid dienone is 1. The summed E-state index contributed by atoms with van der Waals surface area (Å²) in [6.45, 7) is 5.08. The Kier molecular flexibility index (Phi) is 5.06. The largest absolute Gasteiger partial charge is 0.265 e. The van der Waals surface area contributed by atoms with E-state index in [0.717, 1.165) is 18.4 Å². The Morgan fingerprint density at radius 2 is 1.80 bits per heavy atom. The molecule has 2 aromatic rings. The number of aromatic nitrogens is 1. The zero-order valence-electron chi connectivity index (χ0n) is 14.7. The van der Waals surface area contributed by atoms with Crippen LogP contribution in [0, 0.1) is 12.3 Å². The van der Waals surface area contributed by atoms with Gasteiger partial charge < -0.3 is 0 Å². The molecule has 0 saturated heterocycles. The second-order valence-electron chi connectivity index (χ2n) is 7.01. The maximum atomic E-state index is 12.9. The van der Waals surface area contributed by atoms with Gasteiger partial charge in [-0.25, -0.2) is 8.42 Å². The number of pyridine rings is 1. The fraction of sp³-hybridized carbons (Fsp3) is 0.350. The molecule has 1 aromatic carbocycles. The lowest BCUT2D eigenvalue weighted by Crippen LogP contribution is -2.33. The summed E-state index contributed by atoms with van der Waals surface area (Å²) in [5.41, 5.74) is 2.22. The molecule has 1 atom stereocenters. The highest BCUT2D eigenvalue weighted by Crippen LogP contribution is 2.32. The van der Waals surface area contributed by atoms with Crippen molar-refractivity contribution in [2.75, 3.05) is 13.1 Å². The van der Waals surface area contributed by atoms with Gasteiger partial charge in [-0.3, -0.25) is 4.98 Å². The SMILES string of the molecule is Cc1ccc(S(=O)(=O)N2CC=CC(C)(Cc3ccncc3)CC2)cc1. The topological polar surface area (TPSA) is 50.3 Å². The van der Waals surface area contributed by atoms with Gasteiger partial charge in [0.15, 0.2) is 0 Å². The van der Waals surface area contributed by atoms with Crippen LogP contribution in [0.25, 0.3) is 0 Å². The van der Waals surface area contributed by atoms with E-state index >= 15 is 0 Å². The monoisotopic (exact) mass is 356 g/mol. The normalized spacial score (nSPS) is 21.8. The summed E-state index contributed by atoms with van der Waals surface area (Å²) < 4.78 is 27.4. The molecule has 2 heterocycles. The van der Waals surface area contributed by atoms with Crippen molar-refractivity contribution in [1.82, 2.24) is 9.29 Å². The average Bonchev–Trinajstić information content (AvgIpc) is 2.78. The highest BCUT2D eigenvalue weighted by molar-refractivity contribution is 7.89. The Morgan fingerprint density at radius 1 is 1.12 bits per heavy atom. The molecule has 0 bridgehead atoms. The molecule has 0 saturated carbocycles. The Labute approximate surface area is 150 Å². The van der Waals surface area contributed by atoms with Gasteiger partial charge in [-0.1, -0.05) is 36.8 Å². The molecule has 5 heteroatoms. The molecule has 1 unspecified atom stereocenters. The van der Waals surface area contributed by atoms with Crippen LogP contribution in [0.15, 0.2) is 65.8 Å². The van der Waals surface area contributed by atoms with E-state index in [9.17, 15) is 8.42 Å². The second-order valence-corrected chi connectivity index (χ2v) is 8.95. The molecule has 0 aliphatic carbocycles. The minimum absolute atomic E-state index is 0.0566. The highest BCUT2D eigenvalue weighted by atomic mass is 32.2. The number of rotatable bonds is 4. The van der Waals surface area contributed by atoms with Crippen LogP contribution in [0.2, 0.25) is 0 Å². The molecule has 1 aromatic heterocycles. The number of aryl methyl sites for hydroxylation is 1. The van der Waals surface area contributed by atoms with Gasteiger partial charge in [0, 0.05) is 25.5 Å². The van der Waals surface area contributed by atoms with Crippen molar-refractivity contribution in [2.45, 2.75) is 31.6 Å². The van der Waals surface area contributed by atoms with Crippen molar-refractivity contribution < 1.29 is 8.42 Å². The molecule has 0 spiro atoms. The van der Waals surface area contributed by atoms with Gasteiger partial charge in [-0.05, 0) is 55.0 Å². The summed E-state index contributed by atoms with van der Waals surface area (Å²) in [6, 6.07) is 11.1. The lowest BCUT2D eigenvalue weighted by molar-refractivity contribution is 0.344. The number of hydrogen-bond acceptors (Lipinski definition) is 3. The fourth-order valence-electron chi connectivity index (χ4n) is 3.20. The van der Waals surface area contributed by atoms with E-state index < -0.39 is 10.0 Å². The lowest BCUT2D eigenvalue weighted by Gasteiger charge is -2.27. The van der Waals surface area contributed by atoms with Crippen LogP contribution in [0.3, 0.4) is 0 Å². The van der Waals surface area contributed by atoms with E-state index in [1.807, 2.05) is 37.3 Å². The molecular weight excluding hydrogens is 332 g/mol. The minimum atomic E-state index is -3.45. The molecular formula is C20H24N2O2S. The quantitative estimate of drug-likeness (QED) is 0.787. The molecule has 0 fully saturated rings. The van der Waals surface area contributed by atoms with Gasteiger partial charge in [-0.2, -0.15) is 4.31 Å². The first-order valence-corrected chi connectivity index (χ1v) is 9.97. The average molecular weight is 356 g/mol. The van der Waals surface area contributed by atoms with E-state index in [0.29, 0.717) is 18.0 Å². The third-order valence-corrected chi connectivity index (χ3v) is 6.66. The van der Waals surface area contributed by atoms with E-state index in [-0.39, 0.29) is 5.41 Å². The smallest absolute Gasteiger partial charge is 0.243 e. The van der Waals surface area contributed by atoms with Crippen LogP contribution >= 0.6 is 0 Å². The molecule has 25 heavy (non-hydrogen) atoms. The maximum absolute atomic E-state index is 12.9. The summed E-state index contributed by atoms with van der Waals surface area (Å²) >= 11 is 0. The third kappa shape index (κ3) is 4.17. The lowest BCUT2D eigenvalue weighted by atomic mass is 9.81. The first-order valence-electron chi connectivity index (χ1n) is 8.53. The molecule has 132 valence electrons. The first-order chi connectivity index (χ1) is 11.9. The number of benzene rings is 1. The number of sulfonamides is 1. The summed E-state index contributed by atoms with van der Waals surface area (Å²) in [5.74, 6) is 0. The molecule has 0 radical (unpaired) electrons. The minimum Gasteiger partial charge on any atom is -0.265 e. The Balaban J connectivity index is 1.76. The van der Waals surface area contributed by atoms with E-state index in [1.165, 1.54) is 5.56 Å². The fourth-order valence-corrected chi connectivity index (χ4v) is 4.59. The third-order valence-electron chi connectivity index (χ3n) is 4.78. The van der Waals surface area contributed by atoms with E-state index in [1.54, 1.807) is 28.8 Å². The van der Waals surface area contributed by atoms with Crippen molar-refractivity contribution >= 4 is 10.0 Å². The maximum Gasteiger partial charge on any atom is 0.243 e. The molecule has 1 aliphatic heterocycles. The van der Waals surface area contributed by atoms with Crippen LogP contribution in [-0.4, -0.2) is 30.8 Å². The second kappa shape index (κ2) is 7.10. The molecule has 3 rings (SSSR count). The standard InChI is InChI=1S/C20H24N2O2S/c1-17-4-6-19(7-5-17)25(23,24)22-14-3-10-20(2,11-15-22)16-18-8-12-21-13-9-18/h3-10,12-13H,11,14-16H2,1-2H3. The molecule has 4 nitrogen and oxygen atoms in total. The van der Waals surface area contributed by atoms with Gasteiger partial charge in [0.2, 0.25) is 10.0 Å². The Morgan fingerprint density at radius 3 is 2.48 bits per heavy atom. The summed E-state index contributed by atoms with van der Waals surface area (Å²) in [7, 11) is -3.45. The molecule has 0 amide bonds. The van der Waals surface area contributed by atoms with E-state index in [2.05, 4.69) is 18.0 Å².